The van der Waals surface area contributed by atoms with Gasteiger partial charge >= 0.3 is 0 Å². The summed E-state index contributed by atoms with van der Waals surface area (Å²) in [6.07, 6.45) is 4.49. The van der Waals surface area contributed by atoms with Crippen LogP contribution in [-0.4, -0.2) is 25.9 Å². The fraction of sp³-hybridized carbons (Fsp3) is 0.571. The molecule has 94 valence electrons. The highest BCUT2D eigenvalue weighted by Crippen LogP contribution is 2.43. The number of rotatable bonds is 4. The number of hydrogen-bond donors (Lipinski definition) is 1. The van der Waals surface area contributed by atoms with Crippen LogP contribution in [0.25, 0.3) is 0 Å². The molecular weight excluding hydrogens is 216 g/mol. The normalized spacial score (nSPS) is 18.1. The van der Waals surface area contributed by atoms with Gasteiger partial charge in [-0.2, -0.15) is 0 Å². The third-order valence-corrected chi connectivity index (χ3v) is 3.86. The first kappa shape index (κ1) is 12.2. The summed E-state index contributed by atoms with van der Waals surface area (Å²) in [4.78, 5) is 0. The molecule has 0 radical (unpaired) electrons. The molecule has 1 aromatic carbocycles. The van der Waals surface area contributed by atoms with Crippen LogP contribution in [0.3, 0.4) is 0 Å². The Bertz CT molecular complexity index is 381. The number of methoxy groups -OCH3 is 2. The van der Waals surface area contributed by atoms with Gasteiger partial charge in [0.2, 0.25) is 0 Å². The molecule has 0 saturated heterocycles. The van der Waals surface area contributed by atoms with Crippen LogP contribution >= 0.6 is 0 Å². The number of aliphatic hydroxyl groups is 1. The maximum absolute atomic E-state index is 9.69. The summed E-state index contributed by atoms with van der Waals surface area (Å²) < 4.78 is 10.6. The first-order valence-corrected chi connectivity index (χ1v) is 6.09. The molecule has 0 spiro atoms. The van der Waals surface area contributed by atoms with Gasteiger partial charge in [0.15, 0.2) is 11.5 Å². The number of ether oxygens (including phenoxy) is 2. The Morgan fingerprint density at radius 3 is 2.29 bits per heavy atom. The van der Waals surface area contributed by atoms with Crippen molar-refractivity contribution < 1.29 is 14.6 Å². The number of benzene rings is 1. The van der Waals surface area contributed by atoms with Crippen LogP contribution in [0.2, 0.25) is 0 Å². The number of aliphatic hydroxyl groups excluding tert-OH is 1. The summed E-state index contributed by atoms with van der Waals surface area (Å²) in [5.74, 6) is 1.48. The maximum Gasteiger partial charge on any atom is 0.161 e. The summed E-state index contributed by atoms with van der Waals surface area (Å²) >= 11 is 0. The number of hydrogen-bond acceptors (Lipinski definition) is 3. The highest BCUT2D eigenvalue weighted by atomic mass is 16.5. The second-order valence-corrected chi connectivity index (χ2v) is 4.72. The molecule has 1 fully saturated rings. The van der Waals surface area contributed by atoms with Crippen LogP contribution in [-0.2, 0) is 5.41 Å². The molecule has 0 aromatic heterocycles. The van der Waals surface area contributed by atoms with Crippen molar-refractivity contribution in [3.05, 3.63) is 23.8 Å². The SMILES string of the molecule is COc1ccc(C2(CO)CCCC2)cc1OC. The third kappa shape index (κ3) is 2.12. The van der Waals surface area contributed by atoms with E-state index in [4.69, 9.17) is 9.47 Å². The zero-order valence-corrected chi connectivity index (χ0v) is 10.5. The van der Waals surface area contributed by atoms with Crippen molar-refractivity contribution in [2.45, 2.75) is 31.1 Å². The van der Waals surface area contributed by atoms with E-state index in [1.165, 1.54) is 12.8 Å². The molecule has 1 aromatic rings. The molecule has 17 heavy (non-hydrogen) atoms. The Hall–Kier alpha value is -1.22. The van der Waals surface area contributed by atoms with Gasteiger partial charge in [0.1, 0.15) is 0 Å². The lowest BCUT2D eigenvalue weighted by Crippen LogP contribution is -2.26. The van der Waals surface area contributed by atoms with Crippen molar-refractivity contribution >= 4 is 0 Å². The zero-order chi connectivity index (χ0) is 12.3. The van der Waals surface area contributed by atoms with E-state index in [1.807, 2.05) is 18.2 Å². The molecule has 0 unspecified atom stereocenters. The Morgan fingerprint density at radius 1 is 1.12 bits per heavy atom. The van der Waals surface area contributed by atoms with Gasteiger partial charge in [-0.3, -0.25) is 0 Å². The monoisotopic (exact) mass is 236 g/mol. The van der Waals surface area contributed by atoms with E-state index in [1.54, 1.807) is 14.2 Å². The Kier molecular flexibility index (Phi) is 3.57. The summed E-state index contributed by atoms with van der Waals surface area (Å²) in [5, 5.41) is 9.69. The summed E-state index contributed by atoms with van der Waals surface area (Å²) in [6, 6.07) is 5.97. The van der Waals surface area contributed by atoms with Gasteiger partial charge in [0.25, 0.3) is 0 Å². The minimum atomic E-state index is -0.0699. The molecule has 0 amide bonds. The van der Waals surface area contributed by atoms with Crippen LogP contribution in [0.4, 0.5) is 0 Å². The lowest BCUT2D eigenvalue weighted by molar-refractivity contribution is 0.195. The van der Waals surface area contributed by atoms with Crippen LogP contribution in [0, 0.1) is 0 Å². The van der Waals surface area contributed by atoms with E-state index >= 15 is 0 Å². The van der Waals surface area contributed by atoms with Crippen molar-refractivity contribution in [1.82, 2.24) is 0 Å². The standard InChI is InChI=1S/C14H20O3/c1-16-12-6-5-11(9-13(12)17-2)14(10-15)7-3-4-8-14/h5-6,9,15H,3-4,7-8,10H2,1-2H3. The van der Waals surface area contributed by atoms with Gasteiger partial charge in [0.05, 0.1) is 20.8 Å². The minimum absolute atomic E-state index is 0.0699. The summed E-state index contributed by atoms with van der Waals surface area (Å²) in [6.45, 7) is 0.211. The van der Waals surface area contributed by atoms with Gasteiger partial charge in [-0.15, -0.1) is 0 Å². The lowest BCUT2D eigenvalue weighted by atomic mass is 9.79. The molecule has 0 heterocycles. The smallest absolute Gasteiger partial charge is 0.161 e. The van der Waals surface area contributed by atoms with Gasteiger partial charge in [-0.25, -0.2) is 0 Å². The molecule has 1 saturated carbocycles. The quantitative estimate of drug-likeness (QED) is 0.873. The highest BCUT2D eigenvalue weighted by Gasteiger charge is 2.35. The highest BCUT2D eigenvalue weighted by molar-refractivity contribution is 5.45. The van der Waals surface area contributed by atoms with Gasteiger partial charge in [0, 0.05) is 5.41 Å². The Morgan fingerprint density at radius 2 is 1.76 bits per heavy atom. The van der Waals surface area contributed by atoms with Crippen LogP contribution < -0.4 is 9.47 Å². The average Bonchev–Trinajstić information content (AvgIpc) is 2.88. The molecular formula is C14H20O3. The topological polar surface area (TPSA) is 38.7 Å². The van der Waals surface area contributed by atoms with Crippen molar-refractivity contribution in [1.29, 1.82) is 0 Å². The average molecular weight is 236 g/mol. The predicted molar refractivity (Wildman–Crippen MR) is 66.8 cm³/mol. The van der Waals surface area contributed by atoms with Gasteiger partial charge in [-0.1, -0.05) is 18.9 Å². The van der Waals surface area contributed by atoms with Gasteiger partial charge < -0.3 is 14.6 Å². The van der Waals surface area contributed by atoms with E-state index in [0.29, 0.717) is 0 Å². The Balaban J connectivity index is 2.38. The van der Waals surface area contributed by atoms with Crippen molar-refractivity contribution in [2.75, 3.05) is 20.8 Å². The van der Waals surface area contributed by atoms with Crippen LogP contribution in [0.1, 0.15) is 31.2 Å². The molecule has 3 nitrogen and oxygen atoms in total. The maximum atomic E-state index is 9.69. The molecule has 1 aliphatic rings. The molecule has 1 N–H and O–H groups in total. The van der Waals surface area contributed by atoms with Crippen LogP contribution in [0.5, 0.6) is 11.5 Å². The molecule has 1 aliphatic carbocycles. The molecule has 2 rings (SSSR count). The van der Waals surface area contributed by atoms with Crippen molar-refractivity contribution in [3.8, 4) is 11.5 Å². The minimum Gasteiger partial charge on any atom is -0.493 e. The van der Waals surface area contributed by atoms with Gasteiger partial charge in [-0.05, 0) is 30.5 Å². The first-order valence-electron chi connectivity index (χ1n) is 6.09. The van der Waals surface area contributed by atoms with E-state index in [9.17, 15) is 5.11 Å². The Labute approximate surface area is 102 Å². The first-order chi connectivity index (χ1) is 8.25. The largest absolute Gasteiger partial charge is 0.493 e. The van der Waals surface area contributed by atoms with Crippen LogP contribution in [0.15, 0.2) is 18.2 Å². The molecule has 0 atom stereocenters. The van der Waals surface area contributed by atoms with Crippen molar-refractivity contribution in [2.24, 2.45) is 0 Å². The van der Waals surface area contributed by atoms with E-state index in [0.717, 1.165) is 29.9 Å². The fourth-order valence-electron chi connectivity index (χ4n) is 2.76. The second kappa shape index (κ2) is 4.96. The predicted octanol–water partition coefficient (Wildman–Crippen LogP) is 2.51. The van der Waals surface area contributed by atoms with E-state index in [2.05, 4.69) is 0 Å². The fourth-order valence-corrected chi connectivity index (χ4v) is 2.76. The van der Waals surface area contributed by atoms with E-state index < -0.39 is 0 Å². The molecule has 3 heteroatoms. The molecule has 0 bridgehead atoms. The summed E-state index contributed by atoms with van der Waals surface area (Å²) in [5.41, 5.74) is 1.09. The molecule has 0 aliphatic heterocycles. The lowest BCUT2D eigenvalue weighted by Gasteiger charge is -2.27. The summed E-state index contributed by atoms with van der Waals surface area (Å²) in [7, 11) is 3.27. The van der Waals surface area contributed by atoms with Crippen molar-refractivity contribution in [3.63, 3.8) is 0 Å². The van der Waals surface area contributed by atoms with E-state index in [-0.39, 0.29) is 12.0 Å². The second-order valence-electron chi connectivity index (χ2n) is 4.72. The zero-order valence-electron chi connectivity index (χ0n) is 10.5. The third-order valence-electron chi connectivity index (χ3n) is 3.86.